The van der Waals surface area contributed by atoms with E-state index in [4.69, 9.17) is 11.3 Å². The molecule has 0 amide bonds. The van der Waals surface area contributed by atoms with E-state index in [-0.39, 0.29) is 21.9 Å². The minimum Gasteiger partial charge on any atom is -0.461 e. The van der Waals surface area contributed by atoms with Crippen LogP contribution in [-0.4, -0.2) is 0 Å². The molecule has 0 bridgehead atoms. The third kappa shape index (κ3) is 4.37. The van der Waals surface area contributed by atoms with Crippen LogP contribution in [0.1, 0.15) is 102 Å². The quantitative estimate of drug-likeness (QED) is 0.333. The lowest BCUT2D eigenvalue weighted by Crippen LogP contribution is -2.34. The lowest BCUT2D eigenvalue weighted by Gasteiger charge is -2.45. The van der Waals surface area contributed by atoms with Crippen LogP contribution in [0.2, 0.25) is 0 Å². The van der Waals surface area contributed by atoms with Crippen LogP contribution >= 0.6 is 0 Å². The van der Waals surface area contributed by atoms with Gasteiger partial charge < -0.3 is 4.74 Å². The lowest BCUT2D eigenvalue weighted by atomic mass is 9.59. The van der Waals surface area contributed by atoms with E-state index in [2.05, 4.69) is 71.5 Å². The van der Waals surface area contributed by atoms with Crippen molar-refractivity contribution in [2.45, 2.75) is 90.9 Å². The van der Waals surface area contributed by atoms with Crippen molar-refractivity contribution in [1.29, 1.82) is 5.26 Å². The third-order valence-electron chi connectivity index (χ3n) is 7.79. The summed E-state index contributed by atoms with van der Waals surface area (Å²) in [7, 11) is 0. The summed E-state index contributed by atoms with van der Waals surface area (Å²) >= 11 is 0. The predicted molar refractivity (Wildman–Crippen MR) is 139 cm³/mol. The maximum absolute atomic E-state index is 9.42. The first-order valence-electron chi connectivity index (χ1n) is 12.4. The second-order valence-electron chi connectivity index (χ2n) is 12.3. The molecule has 0 atom stereocenters. The average Bonchev–Trinajstić information content (AvgIpc) is 2.76. The Morgan fingerprint density at radius 1 is 1.06 bits per heavy atom. The summed E-state index contributed by atoms with van der Waals surface area (Å²) in [6.45, 7) is 23.1. The Morgan fingerprint density at radius 2 is 1.65 bits per heavy atom. The smallest absolute Gasteiger partial charge is 0.269 e. The zero-order chi connectivity index (χ0) is 24.9. The summed E-state index contributed by atoms with van der Waals surface area (Å²) in [5, 5.41) is 9.42. The van der Waals surface area contributed by atoms with E-state index in [0.29, 0.717) is 17.3 Å². The van der Waals surface area contributed by atoms with E-state index in [1.807, 2.05) is 18.2 Å². The fourth-order valence-electron chi connectivity index (χ4n) is 5.55. The monoisotopic (exact) mass is 452 g/mol. The second-order valence-corrected chi connectivity index (χ2v) is 12.3. The molecule has 0 aromatic heterocycles. The van der Waals surface area contributed by atoms with Crippen LogP contribution in [0.3, 0.4) is 0 Å². The van der Waals surface area contributed by atoms with Crippen molar-refractivity contribution >= 4 is 6.08 Å². The van der Waals surface area contributed by atoms with Crippen molar-refractivity contribution < 1.29 is 4.74 Å². The van der Waals surface area contributed by atoms with Crippen LogP contribution in [-0.2, 0) is 15.6 Å². The Balaban J connectivity index is 1.79. The minimum absolute atomic E-state index is 0.0868. The number of benzene rings is 1. The van der Waals surface area contributed by atoms with Gasteiger partial charge in [0.1, 0.15) is 11.5 Å². The molecule has 0 N–H and O–H groups in total. The molecule has 0 saturated carbocycles. The Labute approximate surface area is 205 Å². The van der Waals surface area contributed by atoms with Crippen molar-refractivity contribution in [3.05, 3.63) is 86.8 Å². The van der Waals surface area contributed by atoms with Crippen LogP contribution in [0, 0.1) is 23.3 Å². The van der Waals surface area contributed by atoms with Gasteiger partial charge in [-0.3, -0.25) is 0 Å². The van der Waals surface area contributed by atoms with E-state index in [1.54, 1.807) is 11.6 Å². The first-order valence-corrected chi connectivity index (χ1v) is 12.4. The lowest BCUT2D eigenvalue weighted by molar-refractivity contribution is 0.223. The van der Waals surface area contributed by atoms with Gasteiger partial charge in [-0.1, -0.05) is 66.7 Å². The van der Waals surface area contributed by atoms with Crippen LogP contribution in [0.25, 0.3) is 10.9 Å². The van der Waals surface area contributed by atoms with Gasteiger partial charge in [-0.05, 0) is 88.5 Å². The molecule has 2 aliphatic carbocycles. The SMILES string of the molecule is [C-]#[N+]/C(C#N)=C1C=C(/C=C/c2cc3c4c(c2)C(C)(C)CCC4CCC3(C)C)OC(C(C)(C)C)=C/1. The van der Waals surface area contributed by atoms with Gasteiger partial charge in [0.2, 0.25) is 0 Å². The van der Waals surface area contributed by atoms with Crippen molar-refractivity contribution in [2.75, 3.05) is 0 Å². The maximum Gasteiger partial charge on any atom is 0.269 e. The van der Waals surface area contributed by atoms with Gasteiger partial charge in [-0.25, -0.2) is 10.1 Å². The van der Waals surface area contributed by atoms with Gasteiger partial charge in [0, 0.05) is 5.41 Å². The Hall–Kier alpha value is -3.04. The van der Waals surface area contributed by atoms with E-state index < -0.39 is 0 Å². The molecule has 1 aliphatic heterocycles. The zero-order valence-corrected chi connectivity index (χ0v) is 21.7. The molecule has 3 heteroatoms. The number of nitrogens with zero attached hydrogens (tertiary/aromatic N) is 2. The number of rotatable bonds is 2. The number of nitriles is 1. The van der Waals surface area contributed by atoms with Crippen LogP contribution in [0.15, 0.2) is 53.1 Å². The molecule has 0 spiro atoms. The van der Waals surface area contributed by atoms with Crippen molar-refractivity contribution in [1.82, 2.24) is 0 Å². The summed E-state index contributed by atoms with van der Waals surface area (Å²) in [5.74, 6) is 2.10. The highest BCUT2D eigenvalue weighted by Gasteiger charge is 2.41. The first-order chi connectivity index (χ1) is 15.9. The molecule has 4 rings (SSSR count). The molecule has 0 unspecified atom stereocenters. The average molecular weight is 453 g/mol. The molecule has 176 valence electrons. The highest BCUT2D eigenvalue weighted by molar-refractivity contribution is 5.62. The topological polar surface area (TPSA) is 37.4 Å². The second kappa shape index (κ2) is 8.32. The molecule has 0 saturated heterocycles. The van der Waals surface area contributed by atoms with E-state index in [9.17, 15) is 5.26 Å². The highest BCUT2D eigenvalue weighted by atomic mass is 16.5. The molecule has 1 heterocycles. The molecule has 1 aromatic rings. The molecule has 3 aliphatic rings. The van der Waals surface area contributed by atoms with E-state index in [1.165, 1.54) is 42.4 Å². The van der Waals surface area contributed by atoms with Gasteiger partial charge in [0.15, 0.2) is 0 Å². The van der Waals surface area contributed by atoms with Crippen molar-refractivity contribution in [2.24, 2.45) is 5.41 Å². The van der Waals surface area contributed by atoms with Gasteiger partial charge >= 0.3 is 0 Å². The van der Waals surface area contributed by atoms with Crippen LogP contribution in [0.5, 0.6) is 0 Å². The van der Waals surface area contributed by atoms with Crippen LogP contribution in [0.4, 0.5) is 0 Å². The first kappa shape index (κ1) is 24.1. The maximum atomic E-state index is 9.42. The molecule has 34 heavy (non-hydrogen) atoms. The van der Waals surface area contributed by atoms with Crippen molar-refractivity contribution in [3.63, 3.8) is 0 Å². The summed E-state index contributed by atoms with van der Waals surface area (Å²) < 4.78 is 6.21. The molecular formula is C31H36N2O. The molecule has 0 radical (unpaired) electrons. The molecule has 1 aromatic carbocycles. The standard InChI is InChI=1S/C31H36N2O/c1-29(2,3)27-18-22(26(19-32)33-8)17-23(34-27)10-9-20-15-24-28-21(11-13-30(24,4)5)12-14-31(6,7)25(28)16-20/h9-10,15-18,21H,11-14H2,1-7H3/b10-9+,26-22-. The fraction of sp³-hybridized carbons (Fsp3) is 0.484. The zero-order valence-electron chi connectivity index (χ0n) is 21.7. The number of hydrogen-bond donors (Lipinski definition) is 0. The summed E-state index contributed by atoms with van der Waals surface area (Å²) in [6, 6.07) is 6.78. The van der Waals surface area contributed by atoms with E-state index >= 15 is 0 Å². The summed E-state index contributed by atoms with van der Waals surface area (Å²) in [6.07, 6.45) is 12.8. The summed E-state index contributed by atoms with van der Waals surface area (Å²) in [5.41, 5.74) is 6.61. The van der Waals surface area contributed by atoms with Gasteiger partial charge in [-0.15, -0.1) is 0 Å². The summed E-state index contributed by atoms with van der Waals surface area (Å²) in [4.78, 5) is 3.42. The fourth-order valence-corrected chi connectivity index (χ4v) is 5.55. The molecule has 3 nitrogen and oxygen atoms in total. The molecular weight excluding hydrogens is 416 g/mol. The van der Waals surface area contributed by atoms with Gasteiger partial charge in [0.25, 0.3) is 5.70 Å². The van der Waals surface area contributed by atoms with Crippen LogP contribution < -0.4 is 0 Å². The van der Waals surface area contributed by atoms with Crippen molar-refractivity contribution in [3.8, 4) is 6.07 Å². The Morgan fingerprint density at radius 3 is 2.15 bits per heavy atom. The van der Waals surface area contributed by atoms with Gasteiger partial charge in [0.05, 0.1) is 12.6 Å². The Kier molecular flexibility index (Phi) is 5.90. The number of ether oxygens (including phenoxy) is 1. The normalized spacial score (nSPS) is 22.6. The largest absolute Gasteiger partial charge is 0.461 e. The Bertz CT molecular complexity index is 1170. The third-order valence-corrected chi connectivity index (χ3v) is 7.79. The number of hydrogen-bond acceptors (Lipinski definition) is 2. The highest BCUT2D eigenvalue weighted by Crippen LogP contribution is 2.53. The predicted octanol–water partition coefficient (Wildman–Crippen LogP) is 8.47. The van der Waals surface area contributed by atoms with Gasteiger partial charge in [-0.2, -0.15) is 0 Å². The minimum atomic E-state index is -0.236. The number of allylic oxidation sites excluding steroid dienone is 6. The molecule has 0 fully saturated rings. The van der Waals surface area contributed by atoms with E-state index in [0.717, 1.165) is 5.76 Å².